The maximum Gasteiger partial charge on any atom is 0.262 e. The number of anilines is 2. The monoisotopic (exact) mass is 270 g/mol. The number of halogens is 1. The summed E-state index contributed by atoms with van der Waals surface area (Å²) in [6.45, 7) is 0.0978. The van der Waals surface area contributed by atoms with Gasteiger partial charge in [0.15, 0.2) is 6.61 Å². The van der Waals surface area contributed by atoms with Crippen LogP contribution in [0.1, 0.15) is 0 Å². The van der Waals surface area contributed by atoms with Gasteiger partial charge in [-0.1, -0.05) is 15.9 Å². The van der Waals surface area contributed by atoms with Gasteiger partial charge >= 0.3 is 0 Å². The van der Waals surface area contributed by atoms with Crippen molar-refractivity contribution in [3.8, 4) is 5.75 Å². The van der Waals surface area contributed by atoms with Gasteiger partial charge in [-0.05, 0) is 18.2 Å². The number of alkyl halides is 1. The third kappa shape index (κ3) is 2.07. The van der Waals surface area contributed by atoms with E-state index in [1.807, 2.05) is 30.1 Å². The molecule has 1 aliphatic heterocycles. The van der Waals surface area contributed by atoms with Gasteiger partial charge in [-0.25, -0.2) is 0 Å². The Balaban J connectivity index is 2.32. The van der Waals surface area contributed by atoms with Gasteiger partial charge < -0.3 is 15.0 Å². The summed E-state index contributed by atoms with van der Waals surface area (Å²) in [6.07, 6.45) is 0. The van der Waals surface area contributed by atoms with Gasteiger partial charge in [0.1, 0.15) is 5.75 Å². The molecule has 2 rings (SSSR count). The molecule has 0 bridgehead atoms. The lowest BCUT2D eigenvalue weighted by Gasteiger charge is -2.21. The molecular weight excluding hydrogens is 260 g/mol. The molecule has 5 heteroatoms. The lowest BCUT2D eigenvalue weighted by Crippen LogP contribution is -2.25. The van der Waals surface area contributed by atoms with Crippen LogP contribution in [0.3, 0.4) is 0 Å². The Labute approximate surface area is 96.3 Å². The number of hydrogen-bond acceptors (Lipinski definition) is 3. The Kier molecular flexibility index (Phi) is 2.81. The molecule has 0 unspecified atom stereocenters. The Hall–Kier alpha value is -1.23. The van der Waals surface area contributed by atoms with Crippen molar-refractivity contribution in [2.75, 3.05) is 29.3 Å². The number of ether oxygens (including phenoxy) is 1. The zero-order valence-electron chi connectivity index (χ0n) is 8.29. The smallest absolute Gasteiger partial charge is 0.262 e. The molecule has 0 aliphatic carbocycles. The SMILES string of the molecule is CN(CBr)c1ccc2c(c1)NC(=O)CO2. The second kappa shape index (κ2) is 4.10. The first kappa shape index (κ1) is 10.3. The number of hydrogen-bond donors (Lipinski definition) is 1. The van der Waals surface area contributed by atoms with Gasteiger partial charge in [-0.3, -0.25) is 4.79 Å². The summed E-state index contributed by atoms with van der Waals surface area (Å²) in [5.74, 6) is 0.613. The fourth-order valence-electron chi connectivity index (χ4n) is 1.38. The van der Waals surface area contributed by atoms with Gasteiger partial charge in [-0.15, -0.1) is 0 Å². The molecule has 4 nitrogen and oxygen atoms in total. The van der Waals surface area contributed by atoms with Crippen LogP contribution in [-0.2, 0) is 4.79 Å². The highest BCUT2D eigenvalue weighted by molar-refractivity contribution is 9.09. The minimum atomic E-state index is -0.110. The maximum absolute atomic E-state index is 11.1. The number of amides is 1. The second-order valence-electron chi connectivity index (χ2n) is 3.33. The van der Waals surface area contributed by atoms with Crippen LogP contribution in [0, 0.1) is 0 Å². The molecule has 15 heavy (non-hydrogen) atoms. The first-order valence-electron chi connectivity index (χ1n) is 4.54. The van der Waals surface area contributed by atoms with E-state index in [0.717, 1.165) is 22.6 Å². The van der Waals surface area contributed by atoms with Crippen molar-refractivity contribution in [1.82, 2.24) is 0 Å². The second-order valence-corrected chi connectivity index (χ2v) is 3.84. The molecule has 1 amide bonds. The van der Waals surface area contributed by atoms with E-state index in [2.05, 4.69) is 21.2 Å². The molecule has 0 aromatic heterocycles. The molecular formula is C10H11BrN2O2. The third-order valence-electron chi connectivity index (χ3n) is 2.22. The highest BCUT2D eigenvalue weighted by atomic mass is 79.9. The molecule has 1 N–H and O–H groups in total. The number of nitrogens with zero attached hydrogens (tertiary/aromatic N) is 1. The van der Waals surface area contributed by atoms with Crippen LogP contribution in [-0.4, -0.2) is 25.0 Å². The lowest BCUT2D eigenvalue weighted by molar-refractivity contribution is -0.118. The number of nitrogens with one attached hydrogen (secondary N) is 1. The zero-order valence-corrected chi connectivity index (χ0v) is 9.87. The largest absolute Gasteiger partial charge is 0.482 e. The molecule has 0 saturated heterocycles. The van der Waals surface area contributed by atoms with Crippen molar-refractivity contribution in [3.05, 3.63) is 18.2 Å². The molecule has 1 aromatic rings. The van der Waals surface area contributed by atoms with Crippen LogP contribution in [0.25, 0.3) is 0 Å². The first-order chi connectivity index (χ1) is 7.20. The van der Waals surface area contributed by atoms with E-state index < -0.39 is 0 Å². The Morgan fingerprint density at radius 2 is 2.40 bits per heavy atom. The van der Waals surface area contributed by atoms with Gasteiger partial charge in [-0.2, -0.15) is 0 Å². The zero-order chi connectivity index (χ0) is 10.8. The average molecular weight is 271 g/mol. The minimum absolute atomic E-state index is 0.0978. The van der Waals surface area contributed by atoms with Gasteiger partial charge in [0, 0.05) is 12.7 Å². The summed E-state index contributed by atoms with van der Waals surface area (Å²) < 4.78 is 5.26. The highest BCUT2D eigenvalue weighted by Crippen LogP contribution is 2.31. The summed E-state index contributed by atoms with van der Waals surface area (Å²) in [6, 6.07) is 5.72. The lowest BCUT2D eigenvalue weighted by atomic mass is 10.2. The molecule has 0 atom stereocenters. The molecule has 0 fully saturated rings. The van der Waals surface area contributed by atoms with Crippen LogP contribution in [0.2, 0.25) is 0 Å². The van der Waals surface area contributed by atoms with Crippen LogP contribution >= 0.6 is 15.9 Å². The van der Waals surface area contributed by atoms with Crippen LogP contribution in [0.15, 0.2) is 18.2 Å². The fourth-order valence-corrected chi connectivity index (χ4v) is 1.67. The van der Waals surface area contributed by atoms with Crippen LogP contribution in [0.5, 0.6) is 5.75 Å². The summed E-state index contributed by atoms with van der Waals surface area (Å²) >= 11 is 3.37. The Bertz CT molecular complexity index is 395. The molecule has 1 heterocycles. The number of carbonyl (C=O) groups is 1. The van der Waals surface area contributed by atoms with Crippen LogP contribution < -0.4 is 15.0 Å². The van der Waals surface area contributed by atoms with E-state index in [-0.39, 0.29) is 12.5 Å². The van der Waals surface area contributed by atoms with E-state index in [1.165, 1.54) is 0 Å². The highest BCUT2D eigenvalue weighted by Gasteiger charge is 2.16. The Morgan fingerprint density at radius 1 is 1.60 bits per heavy atom. The topological polar surface area (TPSA) is 41.6 Å². The Morgan fingerprint density at radius 3 is 3.13 bits per heavy atom. The molecule has 0 saturated carbocycles. The van der Waals surface area contributed by atoms with Gasteiger partial charge in [0.2, 0.25) is 0 Å². The van der Waals surface area contributed by atoms with Gasteiger partial charge in [0.05, 0.1) is 11.1 Å². The maximum atomic E-state index is 11.1. The third-order valence-corrected chi connectivity index (χ3v) is 2.97. The summed E-state index contributed by atoms with van der Waals surface area (Å²) in [5.41, 5.74) is 2.49. The quantitative estimate of drug-likeness (QED) is 0.658. The molecule has 1 aromatic carbocycles. The van der Waals surface area contributed by atoms with Crippen molar-refractivity contribution in [2.24, 2.45) is 0 Å². The minimum Gasteiger partial charge on any atom is -0.482 e. The molecule has 1 aliphatic rings. The summed E-state index contributed by atoms with van der Waals surface area (Å²) in [5, 5.41) is 2.77. The van der Waals surface area contributed by atoms with Crippen molar-refractivity contribution >= 4 is 33.2 Å². The van der Waals surface area contributed by atoms with E-state index in [1.54, 1.807) is 0 Å². The molecule has 80 valence electrons. The number of rotatable bonds is 2. The normalized spacial score (nSPS) is 13.9. The predicted octanol–water partition coefficient (Wildman–Crippen LogP) is 1.81. The van der Waals surface area contributed by atoms with E-state index in [9.17, 15) is 4.79 Å². The van der Waals surface area contributed by atoms with E-state index in [0.29, 0.717) is 0 Å². The van der Waals surface area contributed by atoms with Crippen molar-refractivity contribution < 1.29 is 9.53 Å². The van der Waals surface area contributed by atoms with Crippen molar-refractivity contribution in [3.63, 3.8) is 0 Å². The predicted molar refractivity (Wildman–Crippen MR) is 62.8 cm³/mol. The average Bonchev–Trinajstić information content (AvgIpc) is 2.27. The number of carbonyl (C=O) groups excluding carboxylic acids is 1. The summed E-state index contributed by atoms with van der Waals surface area (Å²) in [7, 11) is 1.96. The van der Waals surface area contributed by atoms with Crippen molar-refractivity contribution in [1.29, 1.82) is 0 Å². The standard InChI is InChI=1S/C10H11BrN2O2/c1-13(6-11)7-2-3-9-8(4-7)12-10(14)5-15-9/h2-4H,5-6H2,1H3,(H,12,14). The molecule has 0 radical (unpaired) electrons. The van der Waals surface area contributed by atoms with Gasteiger partial charge in [0.25, 0.3) is 5.91 Å². The van der Waals surface area contributed by atoms with E-state index >= 15 is 0 Å². The molecule has 0 spiro atoms. The first-order valence-corrected chi connectivity index (χ1v) is 5.66. The van der Waals surface area contributed by atoms with Crippen molar-refractivity contribution in [2.45, 2.75) is 0 Å². The number of fused-ring (bicyclic) bond motifs is 1. The summed E-state index contributed by atoms with van der Waals surface area (Å²) in [4.78, 5) is 13.1. The van der Waals surface area contributed by atoms with E-state index in [4.69, 9.17) is 4.74 Å². The number of benzene rings is 1. The fraction of sp³-hybridized carbons (Fsp3) is 0.300. The van der Waals surface area contributed by atoms with Crippen LogP contribution in [0.4, 0.5) is 11.4 Å².